The highest BCUT2D eigenvalue weighted by Gasteiger charge is 2.13. The lowest BCUT2D eigenvalue weighted by Gasteiger charge is -2.17. The molecule has 1 heterocycles. The molecule has 25 heavy (non-hydrogen) atoms. The van der Waals surface area contributed by atoms with Gasteiger partial charge in [-0.15, -0.1) is 0 Å². The van der Waals surface area contributed by atoms with Crippen LogP contribution in [-0.4, -0.2) is 51.1 Å². The summed E-state index contributed by atoms with van der Waals surface area (Å²) in [5.41, 5.74) is 2.54. The fourth-order valence-electron chi connectivity index (χ4n) is 2.43. The standard InChI is InChI=1S/C18H21N3O3S/c1-21(10-11-22)13-24-17-9-5-2-6-14(17)12-25(23)18-19-15-7-3-4-8-16(15)20-18/h2-9,22H,10-13H2,1H3,(H,19,20). The number of aliphatic hydroxyl groups is 1. The van der Waals surface area contributed by atoms with Crippen LogP contribution in [0.4, 0.5) is 0 Å². The van der Waals surface area contributed by atoms with E-state index in [1.165, 1.54) is 0 Å². The lowest BCUT2D eigenvalue weighted by Crippen LogP contribution is -2.26. The molecule has 3 aromatic rings. The summed E-state index contributed by atoms with van der Waals surface area (Å²) in [4.78, 5) is 9.39. The van der Waals surface area contributed by atoms with Gasteiger partial charge in [0.2, 0.25) is 0 Å². The molecule has 2 aromatic carbocycles. The number of nitrogens with one attached hydrogen (secondary N) is 1. The minimum atomic E-state index is -1.30. The van der Waals surface area contributed by atoms with Crippen LogP contribution in [0, 0.1) is 0 Å². The summed E-state index contributed by atoms with van der Waals surface area (Å²) < 4.78 is 18.5. The van der Waals surface area contributed by atoms with Gasteiger partial charge < -0.3 is 14.8 Å². The molecule has 0 aliphatic carbocycles. The topological polar surface area (TPSA) is 78.5 Å². The molecule has 0 saturated heterocycles. The summed E-state index contributed by atoms with van der Waals surface area (Å²) in [6, 6.07) is 15.2. The molecular formula is C18H21N3O3S. The molecule has 0 aliphatic rings. The first-order valence-corrected chi connectivity index (χ1v) is 9.32. The van der Waals surface area contributed by atoms with Gasteiger partial charge in [0, 0.05) is 12.1 Å². The summed E-state index contributed by atoms with van der Waals surface area (Å²) in [6.07, 6.45) is 0. The van der Waals surface area contributed by atoms with E-state index in [0.29, 0.717) is 29.9 Å². The lowest BCUT2D eigenvalue weighted by molar-refractivity contribution is 0.127. The largest absolute Gasteiger partial charge is 0.478 e. The monoisotopic (exact) mass is 359 g/mol. The fourth-order valence-corrected chi connectivity index (χ4v) is 3.51. The summed E-state index contributed by atoms with van der Waals surface area (Å²) in [5.74, 6) is 1.01. The Bertz CT molecular complexity index is 832. The van der Waals surface area contributed by atoms with E-state index in [1.54, 1.807) is 0 Å². The number of aromatic amines is 1. The van der Waals surface area contributed by atoms with Gasteiger partial charge in [0.25, 0.3) is 0 Å². The minimum absolute atomic E-state index is 0.0809. The molecule has 2 N–H and O–H groups in total. The third kappa shape index (κ3) is 4.45. The van der Waals surface area contributed by atoms with Gasteiger partial charge in [0.1, 0.15) is 12.5 Å². The molecule has 0 spiro atoms. The van der Waals surface area contributed by atoms with E-state index in [2.05, 4.69) is 9.97 Å². The van der Waals surface area contributed by atoms with Crippen molar-refractivity contribution in [2.45, 2.75) is 10.9 Å². The highest BCUT2D eigenvalue weighted by Crippen LogP contribution is 2.22. The highest BCUT2D eigenvalue weighted by atomic mass is 32.2. The Morgan fingerprint density at radius 3 is 2.76 bits per heavy atom. The van der Waals surface area contributed by atoms with E-state index in [0.717, 1.165) is 16.6 Å². The lowest BCUT2D eigenvalue weighted by atomic mass is 10.2. The Morgan fingerprint density at radius 1 is 1.20 bits per heavy atom. The van der Waals surface area contributed by atoms with Crippen molar-refractivity contribution in [2.75, 3.05) is 26.9 Å². The summed E-state index contributed by atoms with van der Waals surface area (Å²) in [5, 5.41) is 9.41. The van der Waals surface area contributed by atoms with Crippen molar-refractivity contribution in [2.24, 2.45) is 0 Å². The summed E-state index contributed by atoms with van der Waals surface area (Å²) in [6.45, 7) is 0.972. The molecule has 6 nitrogen and oxygen atoms in total. The van der Waals surface area contributed by atoms with Gasteiger partial charge in [-0.1, -0.05) is 30.3 Å². The van der Waals surface area contributed by atoms with Gasteiger partial charge in [0.15, 0.2) is 5.16 Å². The van der Waals surface area contributed by atoms with Crippen molar-refractivity contribution < 1.29 is 14.1 Å². The Hall–Kier alpha value is -2.22. The zero-order valence-corrected chi connectivity index (χ0v) is 14.8. The second-order valence-corrected chi connectivity index (χ2v) is 7.10. The van der Waals surface area contributed by atoms with E-state index in [-0.39, 0.29) is 6.61 Å². The van der Waals surface area contributed by atoms with E-state index in [1.807, 2.05) is 60.5 Å². The molecule has 1 atom stereocenters. The van der Waals surface area contributed by atoms with Gasteiger partial charge in [-0.05, 0) is 25.2 Å². The van der Waals surface area contributed by atoms with E-state index < -0.39 is 10.8 Å². The molecule has 1 unspecified atom stereocenters. The number of aliphatic hydroxyl groups excluding tert-OH is 1. The number of imidazole rings is 1. The third-order valence-electron chi connectivity index (χ3n) is 3.76. The molecule has 0 radical (unpaired) electrons. The van der Waals surface area contributed by atoms with Gasteiger partial charge in [0.05, 0.1) is 34.2 Å². The first-order valence-electron chi connectivity index (χ1n) is 8.00. The number of para-hydroxylation sites is 3. The molecule has 132 valence electrons. The van der Waals surface area contributed by atoms with Crippen LogP contribution in [0.2, 0.25) is 0 Å². The second-order valence-electron chi connectivity index (χ2n) is 5.73. The van der Waals surface area contributed by atoms with Crippen LogP contribution in [-0.2, 0) is 16.6 Å². The number of rotatable bonds is 8. The highest BCUT2D eigenvalue weighted by molar-refractivity contribution is 7.84. The van der Waals surface area contributed by atoms with Crippen molar-refractivity contribution >= 4 is 21.8 Å². The number of benzene rings is 2. The number of hydrogen-bond donors (Lipinski definition) is 2. The van der Waals surface area contributed by atoms with Crippen molar-refractivity contribution in [3.63, 3.8) is 0 Å². The van der Waals surface area contributed by atoms with E-state index in [9.17, 15) is 4.21 Å². The Morgan fingerprint density at radius 2 is 1.96 bits per heavy atom. The van der Waals surface area contributed by atoms with Gasteiger partial charge in [-0.3, -0.25) is 9.11 Å². The van der Waals surface area contributed by atoms with Gasteiger partial charge >= 0.3 is 0 Å². The number of likely N-dealkylation sites (N-methyl/N-ethyl adjacent to an activating group) is 1. The number of ether oxygens (including phenoxy) is 1. The predicted octanol–water partition coefficient (Wildman–Crippen LogP) is 2.13. The molecule has 0 amide bonds. The second kappa shape index (κ2) is 8.24. The van der Waals surface area contributed by atoms with Crippen LogP contribution >= 0.6 is 0 Å². The Kier molecular flexibility index (Phi) is 5.80. The molecular weight excluding hydrogens is 338 g/mol. The molecule has 0 fully saturated rings. The number of nitrogens with zero attached hydrogens (tertiary/aromatic N) is 2. The van der Waals surface area contributed by atoms with Crippen molar-refractivity contribution in [1.29, 1.82) is 0 Å². The van der Waals surface area contributed by atoms with Crippen LogP contribution in [0.25, 0.3) is 11.0 Å². The Balaban J connectivity index is 1.72. The first-order chi connectivity index (χ1) is 12.2. The number of fused-ring (bicyclic) bond motifs is 1. The smallest absolute Gasteiger partial charge is 0.197 e. The van der Waals surface area contributed by atoms with Crippen LogP contribution in [0.1, 0.15) is 5.56 Å². The van der Waals surface area contributed by atoms with Crippen LogP contribution in [0.3, 0.4) is 0 Å². The quantitative estimate of drug-likeness (QED) is 0.603. The molecule has 0 bridgehead atoms. The first kappa shape index (κ1) is 17.6. The zero-order chi connectivity index (χ0) is 17.6. The maximum absolute atomic E-state index is 12.7. The van der Waals surface area contributed by atoms with Crippen molar-refractivity contribution in [3.8, 4) is 5.75 Å². The average molecular weight is 359 g/mol. The molecule has 7 heteroatoms. The van der Waals surface area contributed by atoms with Gasteiger partial charge in [-0.2, -0.15) is 0 Å². The number of H-pyrrole nitrogens is 1. The van der Waals surface area contributed by atoms with Crippen LogP contribution in [0.15, 0.2) is 53.7 Å². The third-order valence-corrected chi connectivity index (χ3v) is 4.96. The maximum atomic E-state index is 12.7. The van der Waals surface area contributed by atoms with E-state index >= 15 is 0 Å². The van der Waals surface area contributed by atoms with E-state index in [4.69, 9.17) is 9.84 Å². The van der Waals surface area contributed by atoms with Crippen LogP contribution in [0.5, 0.6) is 5.75 Å². The maximum Gasteiger partial charge on any atom is 0.197 e. The molecule has 3 rings (SSSR count). The predicted molar refractivity (Wildman–Crippen MR) is 97.9 cm³/mol. The molecule has 0 aliphatic heterocycles. The molecule has 0 saturated carbocycles. The van der Waals surface area contributed by atoms with Crippen molar-refractivity contribution in [3.05, 3.63) is 54.1 Å². The zero-order valence-electron chi connectivity index (χ0n) is 14.0. The minimum Gasteiger partial charge on any atom is -0.478 e. The fraction of sp³-hybridized carbons (Fsp3) is 0.278. The molecule has 1 aromatic heterocycles. The van der Waals surface area contributed by atoms with Gasteiger partial charge in [-0.25, -0.2) is 4.98 Å². The summed E-state index contributed by atoms with van der Waals surface area (Å²) >= 11 is 0. The Labute approximate surface area is 148 Å². The number of aromatic nitrogens is 2. The number of hydrogen-bond acceptors (Lipinski definition) is 5. The average Bonchev–Trinajstić information content (AvgIpc) is 3.05. The normalized spacial score (nSPS) is 12.6. The van der Waals surface area contributed by atoms with Crippen molar-refractivity contribution in [1.82, 2.24) is 14.9 Å². The SMILES string of the molecule is CN(CCO)COc1ccccc1CS(=O)c1nc2ccccc2[nH]1. The van der Waals surface area contributed by atoms with Crippen LogP contribution < -0.4 is 4.74 Å². The summed E-state index contributed by atoms with van der Waals surface area (Å²) in [7, 11) is 0.571.